The maximum Gasteiger partial charge on any atom is 0.282 e. The fraction of sp³-hybridized carbons (Fsp3) is 0.194. The summed E-state index contributed by atoms with van der Waals surface area (Å²) in [6.45, 7) is 6.77. The van der Waals surface area contributed by atoms with Crippen molar-refractivity contribution in [3.05, 3.63) is 109 Å². The average molecular weight is 649 g/mol. The highest BCUT2D eigenvalue weighted by atomic mass is 79.9. The van der Waals surface area contributed by atoms with Crippen molar-refractivity contribution in [3.63, 3.8) is 0 Å². The fourth-order valence-electron chi connectivity index (χ4n) is 4.41. The average Bonchev–Trinajstić information content (AvgIpc) is 2.92. The van der Waals surface area contributed by atoms with Crippen molar-refractivity contribution < 1.29 is 9.47 Å². The van der Waals surface area contributed by atoms with E-state index in [0.717, 1.165) is 25.5 Å². The van der Waals surface area contributed by atoms with Gasteiger partial charge < -0.3 is 9.47 Å². The molecule has 4 aromatic carbocycles. The van der Waals surface area contributed by atoms with Gasteiger partial charge in [-0.15, -0.1) is 0 Å². The van der Waals surface area contributed by atoms with E-state index in [1.165, 1.54) is 10.1 Å². The van der Waals surface area contributed by atoms with Gasteiger partial charge in [-0.1, -0.05) is 72.2 Å². The van der Waals surface area contributed by atoms with Gasteiger partial charge in [0.2, 0.25) is 0 Å². The monoisotopic (exact) mass is 647 g/mol. The van der Waals surface area contributed by atoms with Gasteiger partial charge in [0.25, 0.3) is 5.56 Å². The van der Waals surface area contributed by atoms with E-state index in [1.807, 2.05) is 63.2 Å². The first-order valence-electron chi connectivity index (χ1n) is 12.7. The maximum atomic E-state index is 13.4. The van der Waals surface area contributed by atoms with Gasteiger partial charge in [-0.05, 0) is 75.1 Å². The van der Waals surface area contributed by atoms with E-state index in [2.05, 4.69) is 61.2 Å². The summed E-state index contributed by atoms with van der Waals surface area (Å²) in [4.78, 5) is 18.1. The van der Waals surface area contributed by atoms with Crippen LogP contribution in [0.25, 0.3) is 21.7 Å². The lowest BCUT2D eigenvalue weighted by atomic mass is 10.1. The second-order valence-corrected chi connectivity index (χ2v) is 11.1. The Morgan fingerprint density at radius 3 is 2.56 bits per heavy atom. The molecule has 1 aromatic heterocycles. The van der Waals surface area contributed by atoms with Crippen LogP contribution in [0.4, 0.5) is 0 Å². The summed E-state index contributed by atoms with van der Waals surface area (Å²) in [7, 11) is 0. The quantitative estimate of drug-likeness (QED) is 0.160. The summed E-state index contributed by atoms with van der Waals surface area (Å²) in [5.41, 5.74) is 2.26. The van der Waals surface area contributed by atoms with Crippen LogP contribution >= 0.6 is 31.9 Å². The van der Waals surface area contributed by atoms with Crippen LogP contribution < -0.4 is 15.0 Å². The highest BCUT2D eigenvalue weighted by molar-refractivity contribution is 9.10. The maximum absolute atomic E-state index is 13.4. The number of hydrogen-bond donors (Lipinski definition) is 0. The summed E-state index contributed by atoms with van der Waals surface area (Å²) in [6, 6.07) is 23.7. The van der Waals surface area contributed by atoms with Gasteiger partial charge in [-0.25, -0.2) is 4.98 Å². The largest absolute Gasteiger partial charge is 0.490 e. The van der Waals surface area contributed by atoms with E-state index >= 15 is 0 Å². The molecule has 0 aliphatic rings. The Hall–Kier alpha value is -3.49. The molecule has 0 N–H and O–H groups in total. The molecule has 0 fully saturated rings. The molecule has 0 bridgehead atoms. The zero-order valence-corrected chi connectivity index (χ0v) is 25.0. The zero-order valence-electron chi connectivity index (χ0n) is 21.8. The van der Waals surface area contributed by atoms with Crippen molar-refractivity contribution in [3.8, 4) is 11.5 Å². The van der Waals surface area contributed by atoms with Gasteiger partial charge in [0.1, 0.15) is 12.4 Å². The predicted molar refractivity (Wildman–Crippen MR) is 164 cm³/mol. The molecule has 0 unspecified atom stereocenters. The summed E-state index contributed by atoms with van der Waals surface area (Å²) >= 11 is 7.10. The minimum absolute atomic E-state index is 0.00142. The number of aromatic nitrogens is 2. The minimum atomic E-state index is -0.222. The highest BCUT2D eigenvalue weighted by Crippen LogP contribution is 2.37. The van der Waals surface area contributed by atoms with Crippen LogP contribution in [0.1, 0.15) is 43.6 Å². The Balaban J connectivity index is 1.49. The summed E-state index contributed by atoms with van der Waals surface area (Å²) in [5, 5.41) is 7.38. The van der Waals surface area contributed by atoms with Crippen LogP contribution in [-0.2, 0) is 6.61 Å². The number of halogens is 2. The molecule has 39 heavy (non-hydrogen) atoms. The second-order valence-electron chi connectivity index (χ2n) is 9.34. The van der Waals surface area contributed by atoms with E-state index < -0.39 is 0 Å². The zero-order chi connectivity index (χ0) is 27.5. The van der Waals surface area contributed by atoms with E-state index in [4.69, 9.17) is 14.5 Å². The second kappa shape index (κ2) is 11.7. The van der Waals surface area contributed by atoms with Crippen molar-refractivity contribution in [2.75, 3.05) is 6.61 Å². The van der Waals surface area contributed by atoms with Crippen molar-refractivity contribution in [2.24, 2.45) is 5.10 Å². The topological polar surface area (TPSA) is 65.7 Å². The smallest absolute Gasteiger partial charge is 0.282 e. The van der Waals surface area contributed by atoms with Gasteiger partial charge in [0, 0.05) is 10.4 Å². The van der Waals surface area contributed by atoms with Gasteiger partial charge in [0.15, 0.2) is 11.5 Å². The summed E-state index contributed by atoms with van der Waals surface area (Å²) in [5.74, 6) is 1.79. The number of rotatable bonds is 8. The first-order valence-corrected chi connectivity index (χ1v) is 14.3. The van der Waals surface area contributed by atoms with Crippen molar-refractivity contribution in [2.45, 2.75) is 33.3 Å². The Morgan fingerprint density at radius 1 is 0.974 bits per heavy atom. The van der Waals surface area contributed by atoms with E-state index in [9.17, 15) is 4.79 Å². The lowest BCUT2D eigenvalue weighted by Crippen LogP contribution is -2.23. The molecule has 198 valence electrons. The normalized spacial score (nSPS) is 11.6. The lowest BCUT2D eigenvalue weighted by Gasteiger charge is -2.16. The van der Waals surface area contributed by atoms with Crippen molar-refractivity contribution in [1.82, 2.24) is 9.66 Å². The SMILES string of the molecule is CCOc1cc(C=Nn2c(C(C)C)nc3ccc(Br)cc3c2=O)cc(Br)c1OCc1cccc2ccccc12. The van der Waals surface area contributed by atoms with E-state index in [0.29, 0.717) is 41.4 Å². The third-order valence-electron chi connectivity index (χ3n) is 6.26. The molecule has 0 spiro atoms. The van der Waals surface area contributed by atoms with E-state index in [-0.39, 0.29) is 11.5 Å². The number of ether oxygens (including phenoxy) is 2. The summed E-state index contributed by atoms with van der Waals surface area (Å²) < 4.78 is 15.1. The predicted octanol–water partition coefficient (Wildman–Crippen LogP) is 8.06. The first-order chi connectivity index (χ1) is 18.9. The van der Waals surface area contributed by atoms with Gasteiger partial charge in [-0.2, -0.15) is 9.78 Å². The molecule has 6 nitrogen and oxygen atoms in total. The van der Waals surface area contributed by atoms with Crippen LogP contribution in [0.15, 0.2) is 91.6 Å². The highest BCUT2D eigenvalue weighted by Gasteiger charge is 2.16. The summed E-state index contributed by atoms with van der Waals surface area (Å²) in [6.07, 6.45) is 1.64. The van der Waals surface area contributed by atoms with Crippen LogP contribution in [0, 0.1) is 0 Å². The third kappa shape index (κ3) is 5.77. The number of fused-ring (bicyclic) bond motifs is 2. The molecule has 0 radical (unpaired) electrons. The Kier molecular flexibility index (Phi) is 8.14. The lowest BCUT2D eigenvalue weighted by molar-refractivity contribution is 0.268. The minimum Gasteiger partial charge on any atom is -0.490 e. The first kappa shape index (κ1) is 27.1. The molecule has 5 aromatic rings. The molecular weight excluding hydrogens is 622 g/mol. The standard InChI is InChI=1S/C31H27Br2N3O3/c1-4-38-28-15-20(14-26(33)29(28)39-18-22-10-7-9-21-8-5-6-11-24(21)22)17-34-36-30(19(2)3)35-27-13-12-23(32)16-25(27)31(36)37/h5-17,19H,4,18H2,1-3H3. The molecule has 0 atom stereocenters. The molecule has 0 saturated carbocycles. The van der Waals surface area contributed by atoms with Gasteiger partial charge >= 0.3 is 0 Å². The Morgan fingerprint density at radius 2 is 1.77 bits per heavy atom. The molecule has 1 heterocycles. The van der Waals surface area contributed by atoms with Crippen LogP contribution in [0.3, 0.4) is 0 Å². The number of hydrogen-bond acceptors (Lipinski definition) is 5. The third-order valence-corrected chi connectivity index (χ3v) is 7.34. The Bertz CT molecular complexity index is 1760. The van der Waals surface area contributed by atoms with Crippen molar-refractivity contribution >= 4 is 59.7 Å². The molecule has 5 rings (SSSR count). The van der Waals surface area contributed by atoms with Crippen LogP contribution in [0.5, 0.6) is 11.5 Å². The van der Waals surface area contributed by atoms with Gasteiger partial charge in [0.05, 0.1) is 28.2 Å². The van der Waals surface area contributed by atoms with E-state index in [1.54, 1.807) is 12.3 Å². The molecule has 0 aliphatic carbocycles. The number of benzene rings is 4. The fourth-order valence-corrected chi connectivity index (χ4v) is 5.34. The molecule has 0 aliphatic heterocycles. The van der Waals surface area contributed by atoms with Crippen LogP contribution in [-0.4, -0.2) is 22.5 Å². The Labute approximate surface area is 243 Å². The number of nitrogens with zero attached hydrogens (tertiary/aromatic N) is 3. The molecule has 0 amide bonds. The van der Waals surface area contributed by atoms with Crippen LogP contribution in [0.2, 0.25) is 0 Å². The molecular formula is C31H27Br2N3O3. The van der Waals surface area contributed by atoms with Gasteiger partial charge in [-0.3, -0.25) is 4.79 Å². The molecule has 8 heteroatoms. The van der Waals surface area contributed by atoms with Crippen molar-refractivity contribution in [1.29, 1.82) is 0 Å². The molecule has 0 saturated heterocycles.